The van der Waals surface area contributed by atoms with Crippen LogP contribution in [0.3, 0.4) is 0 Å². The number of amides is 2. The smallest absolute Gasteiger partial charge is 0.253 e. The zero-order valence-electron chi connectivity index (χ0n) is 15.3. The molecule has 2 saturated heterocycles. The summed E-state index contributed by atoms with van der Waals surface area (Å²) in [5.41, 5.74) is 7.34. The Balaban J connectivity index is 1.63. The first-order valence-electron chi connectivity index (χ1n) is 9.62. The van der Waals surface area contributed by atoms with E-state index in [9.17, 15) is 9.59 Å². The average molecular weight is 359 g/mol. The maximum absolute atomic E-state index is 12.8. The Morgan fingerprint density at radius 2 is 1.96 bits per heavy atom. The number of carbonyl (C=O) groups is 2. The Labute approximate surface area is 155 Å². The normalized spacial score (nSPS) is 23.1. The summed E-state index contributed by atoms with van der Waals surface area (Å²) in [7, 11) is 0. The van der Waals surface area contributed by atoms with Crippen molar-refractivity contribution >= 4 is 11.8 Å². The summed E-state index contributed by atoms with van der Waals surface area (Å²) in [6.07, 6.45) is 3.82. The van der Waals surface area contributed by atoms with Crippen LogP contribution in [0.4, 0.5) is 0 Å². The molecule has 2 aliphatic heterocycles. The third kappa shape index (κ3) is 4.07. The molecule has 0 spiro atoms. The molecule has 26 heavy (non-hydrogen) atoms. The van der Waals surface area contributed by atoms with Gasteiger partial charge in [-0.2, -0.15) is 0 Å². The third-order valence-corrected chi connectivity index (χ3v) is 5.67. The molecular formula is C20H29N3O3. The van der Waals surface area contributed by atoms with Gasteiger partial charge in [-0.3, -0.25) is 9.59 Å². The fourth-order valence-corrected chi connectivity index (χ4v) is 4.19. The number of nitrogens with zero attached hydrogens (tertiary/aromatic N) is 2. The van der Waals surface area contributed by atoms with Crippen LogP contribution in [0, 0.1) is 5.92 Å². The number of aliphatic hydroxyl groups is 1. The standard InChI is InChI=1S/C20H29N3O3/c21-13-15-3-5-16(6-4-15)20(26)22-11-9-18-17(14-22)7-8-19(25)23(18)10-1-2-12-24/h3-6,17-18,24H,1-2,7-14,21H2/t17-,18+/m0/s1. The lowest BCUT2D eigenvalue weighted by molar-refractivity contribution is -0.140. The molecule has 0 aromatic heterocycles. The van der Waals surface area contributed by atoms with Gasteiger partial charge in [-0.25, -0.2) is 0 Å². The molecule has 0 radical (unpaired) electrons. The monoisotopic (exact) mass is 359 g/mol. The first-order valence-corrected chi connectivity index (χ1v) is 9.62. The van der Waals surface area contributed by atoms with E-state index in [0.29, 0.717) is 37.5 Å². The number of piperidine rings is 2. The molecule has 0 unspecified atom stereocenters. The zero-order chi connectivity index (χ0) is 18.5. The molecule has 0 bridgehead atoms. The number of rotatable bonds is 6. The lowest BCUT2D eigenvalue weighted by Gasteiger charge is -2.47. The summed E-state index contributed by atoms with van der Waals surface area (Å²) in [6.45, 7) is 2.76. The highest BCUT2D eigenvalue weighted by atomic mass is 16.3. The minimum atomic E-state index is 0.0655. The van der Waals surface area contributed by atoms with Crippen molar-refractivity contribution in [2.24, 2.45) is 11.7 Å². The van der Waals surface area contributed by atoms with Crippen molar-refractivity contribution in [3.63, 3.8) is 0 Å². The van der Waals surface area contributed by atoms with E-state index in [1.807, 2.05) is 34.1 Å². The van der Waals surface area contributed by atoms with E-state index in [1.54, 1.807) is 0 Å². The van der Waals surface area contributed by atoms with E-state index in [-0.39, 0.29) is 24.5 Å². The number of aliphatic hydroxyl groups excluding tert-OH is 1. The molecule has 142 valence electrons. The van der Waals surface area contributed by atoms with Gasteiger partial charge in [0.05, 0.1) is 0 Å². The first kappa shape index (κ1) is 18.9. The molecule has 2 amide bonds. The molecule has 2 fully saturated rings. The van der Waals surface area contributed by atoms with Gasteiger partial charge >= 0.3 is 0 Å². The lowest BCUT2D eigenvalue weighted by atomic mass is 9.83. The van der Waals surface area contributed by atoms with Gasteiger partial charge in [0.1, 0.15) is 0 Å². The zero-order valence-corrected chi connectivity index (χ0v) is 15.3. The molecule has 0 saturated carbocycles. The number of hydrogen-bond acceptors (Lipinski definition) is 4. The van der Waals surface area contributed by atoms with Gasteiger partial charge in [0.2, 0.25) is 5.91 Å². The van der Waals surface area contributed by atoms with E-state index < -0.39 is 0 Å². The maximum atomic E-state index is 12.8. The van der Waals surface area contributed by atoms with Crippen LogP contribution < -0.4 is 5.73 Å². The largest absolute Gasteiger partial charge is 0.396 e. The summed E-state index contributed by atoms with van der Waals surface area (Å²) in [5.74, 6) is 0.639. The second-order valence-corrected chi connectivity index (χ2v) is 7.32. The van der Waals surface area contributed by atoms with Gasteiger partial charge in [0, 0.05) is 50.8 Å². The van der Waals surface area contributed by atoms with Crippen LogP contribution in [-0.4, -0.2) is 59.0 Å². The predicted octanol–water partition coefficient (Wildman–Crippen LogP) is 1.37. The Bertz CT molecular complexity index is 632. The first-order chi connectivity index (χ1) is 12.6. The molecule has 2 atom stereocenters. The number of benzene rings is 1. The summed E-state index contributed by atoms with van der Waals surface area (Å²) in [5, 5.41) is 8.98. The number of unbranched alkanes of at least 4 members (excludes halogenated alkanes) is 1. The van der Waals surface area contributed by atoms with E-state index in [4.69, 9.17) is 10.8 Å². The van der Waals surface area contributed by atoms with Gasteiger partial charge in [-0.05, 0) is 49.3 Å². The Morgan fingerprint density at radius 3 is 2.65 bits per heavy atom. The number of hydrogen-bond donors (Lipinski definition) is 2. The summed E-state index contributed by atoms with van der Waals surface area (Å²) >= 11 is 0. The minimum Gasteiger partial charge on any atom is -0.396 e. The molecule has 1 aromatic carbocycles. The van der Waals surface area contributed by atoms with Crippen molar-refractivity contribution in [3.8, 4) is 0 Å². The topological polar surface area (TPSA) is 86.9 Å². The highest BCUT2D eigenvalue weighted by molar-refractivity contribution is 5.94. The number of carbonyl (C=O) groups excluding carboxylic acids is 2. The minimum absolute atomic E-state index is 0.0655. The Kier molecular flexibility index (Phi) is 6.27. The fourth-order valence-electron chi connectivity index (χ4n) is 4.19. The van der Waals surface area contributed by atoms with Gasteiger partial charge in [-0.15, -0.1) is 0 Å². The van der Waals surface area contributed by atoms with Crippen LogP contribution in [0.2, 0.25) is 0 Å². The molecular weight excluding hydrogens is 330 g/mol. The molecule has 6 heteroatoms. The highest BCUT2D eigenvalue weighted by Crippen LogP contribution is 2.32. The fraction of sp³-hybridized carbons (Fsp3) is 0.600. The van der Waals surface area contributed by atoms with Crippen molar-refractivity contribution in [1.29, 1.82) is 0 Å². The van der Waals surface area contributed by atoms with Crippen LogP contribution in [0.1, 0.15) is 48.0 Å². The molecule has 0 aliphatic carbocycles. The highest BCUT2D eigenvalue weighted by Gasteiger charge is 2.40. The second kappa shape index (κ2) is 8.64. The maximum Gasteiger partial charge on any atom is 0.253 e. The van der Waals surface area contributed by atoms with Crippen LogP contribution in [-0.2, 0) is 11.3 Å². The van der Waals surface area contributed by atoms with Gasteiger partial charge in [-0.1, -0.05) is 12.1 Å². The quantitative estimate of drug-likeness (QED) is 0.751. The average Bonchev–Trinajstić information content (AvgIpc) is 2.69. The van der Waals surface area contributed by atoms with Crippen molar-refractivity contribution in [3.05, 3.63) is 35.4 Å². The van der Waals surface area contributed by atoms with Crippen LogP contribution in [0.25, 0.3) is 0 Å². The van der Waals surface area contributed by atoms with E-state index in [1.165, 1.54) is 0 Å². The van der Waals surface area contributed by atoms with E-state index in [0.717, 1.165) is 37.8 Å². The van der Waals surface area contributed by atoms with Crippen molar-refractivity contribution in [2.45, 2.75) is 44.7 Å². The predicted molar refractivity (Wildman–Crippen MR) is 99.4 cm³/mol. The van der Waals surface area contributed by atoms with Gasteiger partial charge in [0.25, 0.3) is 5.91 Å². The second-order valence-electron chi connectivity index (χ2n) is 7.32. The summed E-state index contributed by atoms with van der Waals surface area (Å²) in [4.78, 5) is 29.1. The third-order valence-electron chi connectivity index (χ3n) is 5.67. The molecule has 1 aromatic rings. The Morgan fingerprint density at radius 1 is 1.19 bits per heavy atom. The van der Waals surface area contributed by atoms with Gasteiger partial charge < -0.3 is 20.6 Å². The number of nitrogens with two attached hydrogens (primary N) is 1. The molecule has 3 N–H and O–H groups in total. The van der Waals surface area contributed by atoms with Crippen LogP contribution >= 0.6 is 0 Å². The Hall–Kier alpha value is -1.92. The molecule has 2 heterocycles. The SMILES string of the molecule is NCc1ccc(C(=O)N2CC[C@@H]3[C@@H](CCC(=O)N3CCCCO)C2)cc1. The van der Waals surface area contributed by atoms with E-state index >= 15 is 0 Å². The van der Waals surface area contributed by atoms with Crippen LogP contribution in [0.5, 0.6) is 0 Å². The van der Waals surface area contributed by atoms with Crippen molar-refractivity contribution < 1.29 is 14.7 Å². The molecule has 6 nitrogen and oxygen atoms in total. The molecule has 2 aliphatic rings. The lowest BCUT2D eigenvalue weighted by Crippen LogP contribution is -2.57. The van der Waals surface area contributed by atoms with Gasteiger partial charge in [0.15, 0.2) is 0 Å². The van der Waals surface area contributed by atoms with E-state index in [2.05, 4.69) is 0 Å². The van der Waals surface area contributed by atoms with Crippen molar-refractivity contribution in [1.82, 2.24) is 9.80 Å². The summed E-state index contributed by atoms with van der Waals surface area (Å²) < 4.78 is 0. The number of likely N-dealkylation sites (tertiary alicyclic amines) is 2. The summed E-state index contributed by atoms with van der Waals surface area (Å²) in [6, 6.07) is 7.74. The van der Waals surface area contributed by atoms with Crippen molar-refractivity contribution in [2.75, 3.05) is 26.2 Å². The van der Waals surface area contributed by atoms with Crippen LogP contribution in [0.15, 0.2) is 24.3 Å². The number of fused-ring (bicyclic) bond motifs is 1. The molecule has 3 rings (SSSR count).